The number of carbonyl (C=O) groups is 1. The number of para-hydroxylation sites is 1. The Labute approximate surface area is 134 Å². The van der Waals surface area contributed by atoms with Gasteiger partial charge in [-0.25, -0.2) is 0 Å². The second-order valence-electron chi connectivity index (χ2n) is 5.22. The molecule has 2 aromatic rings. The summed E-state index contributed by atoms with van der Waals surface area (Å²) >= 11 is 0. The maximum atomic E-state index is 12.5. The Kier molecular flexibility index (Phi) is 4.25. The molecule has 0 saturated heterocycles. The number of carbonyl (C=O) groups excluding carboxylic acids is 1. The Hall–Kier alpha value is -2.86. The molecule has 1 amide bonds. The van der Waals surface area contributed by atoms with Crippen LogP contribution in [0.2, 0.25) is 0 Å². The van der Waals surface area contributed by atoms with E-state index in [1.54, 1.807) is 6.92 Å². The maximum Gasteiger partial charge on any atom is 0.280 e. The van der Waals surface area contributed by atoms with E-state index in [2.05, 4.69) is 15.3 Å². The molecule has 0 radical (unpaired) electrons. The third kappa shape index (κ3) is 3.17. The molecule has 116 valence electrons. The van der Waals surface area contributed by atoms with Crippen molar-refractivity contribution < 1.29 is 4.79 Å². The number of rotatable bonds is 4. The van der Waals surface area contributed by atoms with Crippen molar-refractivity contribution in [3.05, 3.63) is 60.2 Å². The molecule has 1 aliphatic heterocycles. The van der Waals surface area contributed by atoms with Gasteiger partial charge in [0.25, 0.3) is 5.91 Å². The number of benzene rings is 2. The SMILES string of the molecule is CC1=NN(c2ccccc2)C(=O)C1N=Nc1ccc(CN)cc1. The highest BCUT2D eigenvalue weighted by molar-refractivity contribution is 6.18. The summed E-state index contributed by atoms with van der Waals surface area (Å²) in [5, 5.41) is 14.0. The van der Waals surface area contributed by atoms with E-state index in [0.29, 0.717) is 17.9 Å². The quantitative estimate of drug-likeness (QED) is 0.881. The van der Waals surface area contributed by atoms with Crippen LogP contribution in [0.5, 0.6) is 0 Å². The molecule has 0 bridgehead atoms. The van der Waals surface area contributed by atoms with Crippen molar-refractivity contribution in [1.29, 1.82) is 0 Å². The zero-order valence-electron chi connectivity index (χ0n) is 12.8. The number of hydrazone groups is 1. The molecule has 1 heterocycles. The number of hydrogen-bond acceptors (Lipinski definition) is 5. The zero-order chi connectivity index (χ0) is 16.2. The molecule has 0 fully saturated rings. The van der Waals surface area contributed by atoms with Crippen molar-refractivity contribution in [3.8, 4) is 0 Å². The average molecular weight is 307 g/mol. The summed E-state index contributed by atoms with van der Waals surface area (Å²) in [6.07, 6.45) is 0. The normalized spacial score (nSPS) is 17.8. The van der Waals surface area contributed by atoms with E-state index in [-0.39, 0.29) is 5.91 Å². The summed E-state index contributed by atoms with van der Waals surface area (Å²) in [5.74, 6) is -0.198. The highest BCUT2D eigenvalue weighted by atomic mass is 16.2. The fourth-order valence-electron chi connectivity index (χ4n) is 2.27. The van der Waals surface area contributed by atoms with Gasteiger partial charge in [-0.2, -0.15) is 20.3 Å². The molecule has 3 rings (SSSR count). The third-order valence-corrected chi connectivity index (χ3v) is 3.56. The Balaban J connectivity index is 1.77. The first kappa shape index (κ1) is 15.1. The topological polar surface area (TPSA) is 83.4 Å². The summed E-state index contributed by atoms with van der Waals surface area (Å²) in [5.41, 5.74) is 8.61. The van der Waals surface area contributed by atoms with Gasteiger partial charge in [0.2, 0.25) is 0 Å². The van der Waals surface area contributed by atoms with Gasteiger partial charge in [-0.05, 0) is 36.8 Å². The highest BCUT2D eigenvalue weighted by Crippen LogP contribution is 2.23. The standard InChI is InChI=1S/C17H17N5O/c1-12-16(20-19-14-9-7-13(11-18)8-10-14)17(23)22(21-12)15-5-3-2-4-6-15/h2-10,16H,11,18H2,1H3. The van der Waals surface area contributed by atoms with Crippen LogP contribution in [0.15, 0.2) is 69.9 Å². The smallest absolute Gasteiger partial charge is 0.280 e. The zero-order valence-corrected chi connectivity index (χ0v) is 12.8. The van der Waals surface area contributed by atoms with Crippen LogP contribution in [0, 0.1) is 0 Å². The minimum atomic E-state index is -0.676. The van der Waals surface area contributed by atoms with Gasteiger partial charge in [0.15, 0.2) is 6.04 Å². The fraction of sp³-hybridized carbons (Fsp3) is 0.176. The van der Waals surface area contributed by atoms with E-state index in [4.69, 9.17) is 5.73 Å². The van der Waals surface area contributed by atoms with Crippen LogP contribution in [0.1, 0.15) is 12.5 Å². The molecule has 6 heteroatoms. The maximum absolute atomic E-state index is 12.5. The molecule has 23 heavy (non-hydrogen) atoms. The first-order valence-corrected chi connectivity index (χ1v) is 7.33. The Morgan fingerprint density at radius 2 is 1.83 bits per heavy atom. The molecule has 0 aromatic heterocycles. The van der Waals surface area contributed by atoms with Crippen molar-refractivity contribution >= 4 is 23.0 Å². The van der Waals surface area contributed by atoms with Gasteiger partial charge >= 0.3 is 0 Å². The molecule has 2 N–H and O–H groups in total. The van der Waals surface area contributed by atoms with Crippen LogP contribution in [-0.4, -0.2) is 17.7 Å². The Bertz CT molecular complexity index is 752. The average Bonchev–Trinajstić information content (AvgIpc) is 2.88. The van der Waals surface area contributed by atoms with Gasteiger partial charge in [0.1, 0.15) is 0 Å². The van der Waals surface area contributed by atoms with Gasteiger partial charge in [-0.1, -0.05) is 30.3 Å². The highest BCUT2D eigenvalue weighted by Gasteiger charge is 2.34. The van der Waals surface area contributed by atoms with Crippen molar-refractivity contribution in [1.82, 2.24) is 0 Å². The van der Waals surface area contributed by atoms with Crippen molar-refractivity contribution in [2.45, 2.75) is 19.5 Å². The molecular formula is C17H17N5O. The lowest BCUT2D eigenvalue weighted by Gasteiger charge is -2.11. The van der Waals surface area contributed by atoms with Gasteiger partial charge in [-0.15, -0.1) is 0 Å². The van der Waals surface area contributed by atoms with E-state index < -0.39 is 6.04 Å². The van der Waals surface area contributed by atoms with Gasteiger partial charge in [0.05, 0.1) is 17.1 Å². The van der Waals surface area contributed by atoms with E-state index in [1.807, 2.05) is 54.6 Å². The first-order valence-electron chi connectivity index (χ1n) is 7.33. The van der Waals surface area contributed by atoms with Crippen molar-refractivity contribution in [2.24, 2.45) is 21.1 Å². The predicted octanol–water partition coefficient (Wildman–Crippen LogP) is 3.02. The second kappa shape index (κ2) is 6.50. The van der Waals surface area contributed by atoms with Crippen LogP contribution in [0.25, 0.3) is 0 Å². The van der Waals surface area contributed by atoms with Gasteiger partial charge in [0, 0.05) is 6.54 Å². The predicted molar refractivity (Wildman–Crippen MR) is 89.7 cm³/mol. The summed E-state index contributed by atoms with van der Waals surface area (Å²) < 4.78 is 0. The second-order valence-corrected chi connectivity index (χ2v) is 5.22. The van der Waals surface area contributed by atoms with E-state index >= 15 is 0 Å². The number of nitrogens with two attached hydrogens (primary N) is 1. The summed E-state index contributed by atoms with van der Waals surface area (Å²) in [6.45, 7) is 2.26. The van der Waals surface area contributed by atoms with E-state index in [9.17, 15) is 4.79 Å². The first-order chi connectivity index (χ1) is 11.2. The largest absolute Gasteiger partial charge is 0.326 e. The number of hydrogen-bond donors (Lipinski definition) is 1. The molecule has 0 aliphatic carbocycles. The van der Waals surface area contributed by atoms with E-state index in [1.165, 1.54) is 5.01 Å². The van der Waals surface area contributed by atoms with Crippen LogP contribution in [0.3, 0.4) is 0 Å². The van der Waals surface area contributed by atoms with Crippen LogP contribution >= 0.6 is 0 Å². The lowest BCUT2D eigenvalue weighted by atomic mass is 10.2. The van der Waals surface area contributed by atoms with Crippen LogP contribution < -0.4 is 10.7 Å². The number of anilines is 1. The van der Waals surface area contributed by atoms with Gasteiger partial charge in [-0.3, -0.25) is 4.79 Å². The molecule has 0 saturated carbocycles. The molecule has 0 spiro atoms. The van der Waals surface area contributed by atoms with Crippen molar-refractivity contribution in [3.63, 3.8) is 0 Å². The molecular weight excluding hydrogens is 290 g/mol. The van der Waals surface area contributed by atoms with E-state index in [0.717, 1.165) is 11.3 Å². The molecule has 1 unspecified atom stereocenters. The number of azo groups is 1. The molecule has 1 aliphatic rings. The number of nitrogens with zero attached hydrogens (tertiary/aromatic N) is 4. The number of amides is 1. The summed E-state index contributed by atoms with van der Waals surface area (Å²) in [4.78, 5) is 12.5. The summed E-state index contributed by atoms with van der Waals surface area (Å²) in [7, 11) is 0. The molecule has 6 nitrogen and oxygen atoms in total. The lowest BCUT2D eigenvalue weighted by Crippen LogP contribution is -2.29. The van der Waals surface area contributed by atoms with Gasteiger partial charge < -0.3 is 5.73 Å². The minimum Gasteiger partial charge on any atom is -0.326 e. The van der Waals surface area contributed by atoms with Crippen molar-refractivity contribution in [2.75, 3.05) is 5.01 Å². The minimum absolute atomic E-state index is 0.198. The molecule has 2 aromatic carbocycles. The lowest BCUT2D eigenvalue weighted by molar-refractivity contribution is -0.117. The summed E-state index contributed by atoms with van der Waals surface area (Å²) in [6, 6.07) is 16.0. The fourth-order valence-corrected chi connectivity index (χ4v) is 2.27. The van der Waals surface area contributed by atoms with Crippen LogP contribution in [-0.2, 0) is 11.3 Å². The monoisotopic (exact) mass is 307 g/mol. The Morgan fingerprint density at radius 1 is 1.13 bits per heavy atom. The third-order valence-electron chi connectivity index (χ3n) is 3.56. The Morgan fingerprint density at radius 3 is 2.48 bits per heavy atom. The van der Waals surface area contributed by atoms with Crippen LogP contribution in [0.4, 0.5) is 11.4 Å². The molecule has 1 atom stereocenters.